The molecule has 1 aliphatic rings. The Morgan fingerprint density at radius 2 is 1.91 bits per heavy atom. The van der Waals surface area contributed by atoms with Gasteiger partial charge in [0, 0.05) is 36.7 Å². The quantitative estimate of drug-likeness (QED) is 0.916. The lowest BCUT2D eigenvalue weighted by Gasteiger charge is -2.10. The summed E-state index contributed by atoms with van der Waals surface area (Å²) < 4.78 is 39.5. The van der Waals surface area contributed by atoms with Crippen LogP contribution in [0.25, 0.3) is 0 Å². The molecule has 2 aromatic carbocycles. The molecule has 120 valence electrons. The van der Waals surface area contributed by atoms with Gasteiger partial charge in [0.05, 0.1) is 5.71 Å². The lowest BCUT2D eigenvalue weighted by molar-refractivity contribution is 0.0848. The van der Waals surface area contributed by atoms with Gasteiger partial charge in [-0.05, 0) is 18.2 Å². The molecule has 3 rings (SSSR count). The minimum atomic E-state index is -0.599. The van der Waals surface area contributed by atoms with Gasteiger partial charge in [-0.25, -0.2) is 13.2 Å². The third kappa shape index (κ3) is 3.90. The molecule has 0 saturated heterocycles. The largest absolute Gasteiger partial charge is 0.390 e. The molecule has 1 atom stereocenters. The molecule has 2 aromatic rings. The molecule has 1 N–H and O–H groups in total. The van der Waals surface area contributed by atoms with Crippen molar-refractivity contribution in [2.45, 2.75) is 19.1 Å². The van der Waals surface area contributed by atoms with E-state index in [1.54, 1.807) is 12.1 Å². The first-order valence-corrected chi connectivity index (χ1v) is 7.25. The van der Waals surface area contributed by atoms with E-state index in [0.717, 1.165) is 6.07 Å². The highest BCUT2D eigenvalue weighted by molar-refractivity contribution is 6.01. The van der Waals surface area contributed by atoms with Gasteiger partial charge in [0.2, 0.25) is 0 Å². The Bertz CT molecular complexity index is 734. The number of benzene rings is 2. The van der Waals surface area contributed by atoms with Crippen LogP contribution in [0.4, 0.5) is 13.2 Å². The van der Waals surface area contributed by atoms with Crippen molar-refractivity contribution in [3.05, 3.63) is 71.0 Å². The third-order valence-electron chi connectivity index (χ3n) is 3.59. The van der Waals surface area contributed by atoms with E-state index in [4.69, 9.17) is 4.84 Å². The maximum Gasteiger partial charge on any atom is 0.145 e. The summed E-state index contributed by atoms with van der Waals surface area (Å²) in [6, 6.07) is 9.65. The second-order valence-corrected chi connectivity index (χ2v) is 5.35. The molecule has 0 bridgehead atoms. The third-order valence-corrected chi connectivity index (χ3v) is 3.59. The van der Waals surface area contributed by atoms with Gasteiger partial charge in [-0.2, -0.15) is 0 Å². The summed E-state index contributed by atoms with van der Waals surface area (Å²) in [4.78, 5) is 5.30. The zero-order valence-electron chi connectivity index (χ0n) is 12.2. The molecule has 0 radical (unpaired) electrons. The molecule has 23 heavy (non-hydrogen) atoms. The normalized spacial score (nSPS) is 17.0. The number of hydrogen-bond acceptors (Lipinski definition) is 3. The van der Waals surface area contributed by atoms with Gasteiger partial charge in [-0.3, -0.25) is 0 Å². The molecule has 0 saturated carbocycles. The highest BCUT2D eigenvalue weighted by Gasteiger charge is 2.22. The molecule has 3 nitrogen and oxygen atoms in total. The molecule has 0 fully saturated rings. The van der Waals surface area contributed by atoms with Gasteiger partial charge in [-0.15, -0.1) is 0 Å². The van der Waals surface area contributed by atoms with Crippen LogP contribution in [-0.2, 0) is 11.4 Å². The Morgan fingerprint density at radius 1 is 1.09 bits per heavy atom. The van der Waals surface area contributed by atoms with Crippen molar-refractivity contribution < 1.29 is 18.0 Å². The molecule has 6 heteroatoms. The van der Waals surface area contributed by atoms with Crippen LogP contribution in [0.15, 0.2) is 47.6 Å². The van der Waals surface area contributed by atoms with Crippen molar-refractivity contribution in [1.29, 1.82) is 0 Å². The van der Waals surface area contributed by atoms with Crippen LogP contribution >= 0.6 is 0 Å². The van der Waals surface area contributed by atoms with Crippen molar-refractivity contribution in [3.8, 4) is 0 Å². The minimum absolute atomic E-state index is 0.197. The number of rotatable bonds is 5. The van der Waals surface area contributed by atoms with E-state index >= 15 is 0 Å². The van der Waals surface area contributed by atoms with Crippen molar-refractivity contribution in [2.75, 3.05) is 6.54 Å². The Kier molecular flexibility index (Phi) is 4.62. The number of halogens is 3. The summed E-state index contributed by atoms with van der Waals surface area (Å²) in [5, 5.41) is 7.02. The Hall–Kier alpha value is -2.34. The monoisotopic (exact) mass is 320 g/mol. The fourth-order valence-electron chi connectivity index (χ4n) is 2.41. The zero-order chi connectivity index (χ0) is 16.2. The second-order valence-electron chi connectivity index (χ2n) is 5.35. The van der Waals surface area contributed by atoms with E-state index in [0.29, 0.717) is 29.8 Å². The zero-order valence-corrected chi connectivity index (χ0v) is 12.2. The van der Waals surface area contributed by atoms with Crippen LogP contribution in [0.3, 0.4) is 0 Å². The van der Waals surface area contributed by atoms with E-state index in [2.05, 4.69) is 10.5 Å². The Morgan fingerprint density at radius 3 is 2.70 bits per heavy atom. The average molecular weight is 320 g/mol. The smallest absolute Gasteiger partial charge is 0.145 e. The highest BCUT2D eigenvalue weighted by Crippen LogP contribution is 2.17. The summed E-state index contributed by atoms with van der Waals surface area (Å²) in [6.07, 6.45) is 0.347. The summed E-state index contributed by atoms with van der Waals surface area (Å²) in [6.45, 7) is 0.723. The first kappa shape index (κ1) is 15.6. The molecule has 0 aliphatic carbocycles. The van der Waals surface area contributed by atoms with E-state index < -0.39 is 11.6 Å². The fraction of sp³-hybridized carbons (Fsp3) is 0.235. The van der Waals surface area contributed by atoms with Crippen LogP contribution in [0.1, 0.15) is 17.5 Å². The van der Waals surface area contributed by atoms with Crippen molar-refractivity contribution in [2.24, 2.45) is 5.16 Å². The molecular weight excluding hydrogens is 305 g/mol. The summed E-state index contributed by atoms with van der Waals surface area (Å²) in [5.41, 5.74) is 1.76. The van der Waals surface area contributed by atoms with Crippen LogP contribution in [-0.4, -0.2) is 18.4 Å². The lowest BCUT2D eigenvalue weighted by Crippen LogP contribution is -2.27. The number of nitrogens with zero attached hydrogens (tertiary/aromatic N) is 1. The van der Waals surface area contributed by atoms with Gasteiger partial charge >= 0.3 is 0 Å². The SMILES string of the molecule is Fc1cccc(C2=NOC(CNCc3ccc(F)cc3F)C2)c1. The van der Waals surface area contributed by atoms with Crippen LogP contribution in [0.2, 0.25) is 0 Å². The van der Waals surface area contributed by atoms with Gasteiger partial charge < -0.3 is 10.2 Å². The Balaban J connectivity index is 1.50. The van der Waals surface area contributed by atoms with Gasteiger partial charge in [0.15, 0.2) is 0 Å². The summed E-state index contributed by atoms with van der Waals surface area (Å²) in [5.74, 6) is -1.50. The molecule has 1 heterocycles. The molecule has 0 amide bonds. The predicted molar refractivity (Wildman–Crippen MR) is 80.5 cm³/mol. The number of hydrogen-bond donors (Lipinski definition) is 1. The van der Waals surface area contributed by atoms with E-state index in [9.17, 15) is 13.2 Å². The average Bonchev–Trinajstić information content (AvgIpc) is 2.98. The van der Waals surface area contributed by atoms with Crippen molar-refractivity contribution in [3.63, 3.8) is 0 Å². The van der Waals surface area contributed by atoms with Crippen molar-refractivity contribution in [1.82, 2.24) is 5.32 Å². The summed E-state index contributed by atoms with van der Waals surface area (Å²) >= 11 is 0. The summed E-state index contributed by atoms with van der Waals surface area (Å²) in [7, 11) is 0. The standard InChI is InChI=1S/C17H15F3N2O/c18-13-3-1-2-11(6-13)17-8-15(23-22-17)10-21-9-12-4-5-14(19)7-16(12)20/h1-7,15,21H,8-10H2. The highest BCUT2D eigenvalue weighted by atomic mass is 19.1. The topological polar surface area (TPSA) is 33.6 Å². The fourth-order valence-corrected chi connectivity index (χ4v) is 2.41. The van der Waals surface area contributed by atoms with Crippen molar-refractivity contribution >= 4 is 5.71 Å². The van der Waals surface area contributed by atoms with E-state index in [-0.39, 0.29) is 18.5 Å². The first-order chi connectivity index (χ1) is 11.1. The second kappa shape index (κ2) is 6.83. The van der Waals surface area contributed by atoms with Gasteiger partial charge in [0.25, 0.3) is 0 Å². The minimum Gasteiger partial charge on any atom is -0.390 e. The predicted octanol–water partition coefficient (Wildman–Crippen LogP) is 3.39. The van der Waals surface area contributed by atoms with Gasteiger partial charge in [0.1, 0.15) is 23.6 Å². The van der Waals surface area contributed by atoms with Crippen LogP contribution < -0.4 is 5.32 Å². The molecule has 0 spiro atoms. The number of nitrogens with one attached hydrogen (secondary N) is 1. The lowest BCUT2D eigenvalue weighted by atomic mass is 10.0. The van der Waals surface area contributed by atoms with Crippen LogP contribution in [0.5, 0.6) is 0 Å². The molecule has 1 unspecified atom stereocenters. The maximum atomic E-state index is 13.5. The van der Waals surface area contributed by atoms with Crippen LogP contribution in [0, 0.1) is 17.5 Å². The van der Waals surface area contributed by atoms with E-state index in [1.807, 2.05) is 0 Å². The molecule has 1 aliphatic heterocycles. The maximum absolute atomic E-state index is 13.5. The Labute approximate surface area is 131 Å². The molecule has 0 aromatic heterocycles. The number of oxime groups is 1. The molecular formula is C17H15F3N2O. The first-order valence-electron chi connectivity index (χ1n) is 7.25. The van der Waals surface area contributed by atoms with E-state index in [1.165, 1.54) is 24.3 Å². The van der Waals surface area contributed by atoms with Gasteiger partial charge in [-0.1, -0.05) is 23.4 Å².